The van der Waals surface area contributed by atoms with Gasteiger partial charge in [-0.3, -0.25) is 0 Å². The number of ether oxygens (including phenoxy) is 2. The summed E-state index contributed by atoms with van der Waals surface area (Å²) in [5.74, 6) is 1.19. The Kier molecular flexibility index (Phi) is 6.86. The van der Waals surface area contributed by atoms with Gasteiger partial charge >= 0.3 is 0 Å². The highest BCUT2D eigenvalue weighted by Crippen LogP contribution is 2.42. The number of piperidine rings is 1. The van der Waals surface area contributed by atoms with Gasteiger partial charge in [0.25, 0.3) is 0 Å². The van der Waals surface area contributed by atoms with Crippen LogP contribution < -0.4 is 9.64 Å². The van der Waals surface area contributed by atoms with Gasteiger partial charge < -0.3 is 19.5 Å². The van der Waals surface area contributed by atoms with Gasteiger partial charge in [0.2, 0.25) is 0 Å². The first-order chi connectivity index (χ1) is 18.8. The Labute approximate surface area is 232 Å². The molecule has 1 N–H and O–H groups in total. The van der Waals surface area contributed by atoms with Crippen molar-refractivity contribution in [1.82, 2.24) is 0 Å². The van der Waals surface area contributed by atoms with Gasteiger partial charge in [0.05, 0.1) is 12.2 Å². The minimum atomic E-state index is -0.241. The van der Waals surface area contributed by atoms with Crippen LogP contribution in [0.15, 0.2) is 84.9 Å². The molecule has 2 heterocycles. The molecular weight excluding hydrogens is 482 g/mol. The number of fused-ring (bicyclic) bond motifs is 1. The number of hydrogen-bond donors (Lipinski definition) is 1. The molecule has 39 heavy (non-hydrogen) atoms. The second-order valence-corrected chi connectivity index (χ2v) is 12.2. The first-order valence-corrected chi connectivity index (χ1v) is 14.2. The van der Waals surface area contributed by atoms with E-state index in [4.69, 9.17) is 9.47 Å². The van der Waals surface area contributed by atoms with Crippen molar-refractivity contribution in [2.75, 3.05) is 31.2 Å². The molecule has 4 aromatic rings. The standard InChI is InChI=1S/C35H39NO3/c1-34(2,3)39-30-14-16-32-28(21-30)11-15-31(26-7-5-4-6-8-26)33(32)27-9-12-29(13-10-27)36-19-17-35(18-20-36)22-25(23-37)24-38-35/h4-16,21,25,37H,17-20,22-24H2,1-3H3/t25-/m1/s1. The van der Waals surface area contributed by atoms with Crippen molar-refractivity contribution in [1.29, 1.82) is 0 Å². The zero-order valence-electron chi connectivity index (χ0n) is 23.3. The average molecular weight is 522 g/mol. The topological polar surface area (TPSA) is 41.9 Å². The molecule has 1 atom stereocenters. The SMILES string of the molecule is CC(C)(C)Oc1ccc2c(-c3ccc(N4CCC5(CC4)C[C@H](CO)CO5)cc3)c(-c3ccccc3)ccc2c1. The molecule has 202 valence electrons. The third kappa shape index (κ3) is 5.41. The fourth-order valence-electron chi connectivity index (χ4n) is 6.31. The first-order valence-electron chi connectivity index (χ1n) is 14.2. The summed E-state index contributed by atoms with van der Waals surface area (Å²) >= 11 is 0. The number of anilines is 1. The smallest absolute Gasteiger partial charge is 0.120 e. The summed E-state index contributed by atoms with van der Waals surface area (Å²) in [4.78, 5) is 2.47. The highest BCUT2D eigenvalue weighted by atomic mass is 16.5. The molecule has 0 unspecified atom stereocenters. The Morgan fingerprint density at radius 1 is 0.897 bits per heavy atom. The maximum atomic E-state index is 9.55. The average Bonchev–Trinajstić information content (AvgIpc) is 3.35. The highest BCUT2D eigenvalue weighted by molar-refractivity contribution is 6.04. The lowest BCUT2D eigenvalue weighted by atomic mass is 9.85. The van der Waals surface area contributed by atoms with Crippen LogP contribution >= 0.6 is 0 Å². The summed E-state index contributed by atoms with van der Waals surface area (Å²) < 4.78 is 12.4. The van der Waals surface area contributed by atoms with E-state index in [0.29, 0.717) is 12.5 Å². The van der Waals surface area contributed by atoms with Crippen LogP contribution in [0, 0.1) is 5.92 Å². The summed E-state index contributed by atoms with van der Waals surface area (Å²) in [5.41, 5.74) is 5.89. The molecule has 1 spiro atoms. The van der Waals surface area contributed by atoms with E-state index in [2.05, 4.69) is 111 Å². The lowest BCUT2D eigenvalue weighted by Crippen LogP contribution is -2.44. The fraction of sp³-hybridized carbons (Fsp3) is 0.371. The summed E-state index contributed by atoms with van der Waals surface area (Å²) in [6, 6.07) is 30.6. The normalized spacial score (nSPS) is 19.1. The summed E-state index contributed by atoms with van der Waals surface area (Å²) in [6.07, 6.45) is 3.03. The van der Waals surface area contributed by atoms with Crippen molar-refractivity contribution in [2.45, 2.75) is 51.2 Å². The maximum Gasteiger partial charge on any atom is 0.120 e. The zero-order chi connectivity index (χ0) is 27.0. The molecule has 0 amide bonds. The molecular formula is C35H39NO3. The molecule has 2 fully saturated rings. The number of aliphatic hydroxyl groups is 1. The predicted octanol–water partition coefficient (Wildman–Crippen LogP) is 7.72. The monoisotopic (exact) mass is 521 g/mol. The minimum Gasteiger partial charge on any atom is -0.488 e. The van der Waals surface area contributed by atoms with Crippen molar-refractivity contribution in [3.63, 3.8) is 0 Å². The maximum absolute atomic E-state index is 9.55. The Bertz CT molecular complexity index is 1430. The zero-order valence-corrected chi connectivity index (χ0v) is 23.3. The van der Waals surface area contributed by atoms with E-state index in [-0.39, 0.29) is 17.8 Å². The molecule has 4 aromatic carbocycles. The molecule has 6 rings (SSSR count). The Hall–Kier alpha value is -3.34. The molecule has 2 aliphatic rings. The second kappa shape index (κ2) is 10.3. The summed E-state index contributed by atoms with van der Waals surface area (Å²) in [5, 5.41) is 11.9. The van der Waals surface area contributed by atoms with E-state index in [0.717, 1.165) is 38.1 Å². The van der Waals surface area contributed by atoms with Crippen LogP contribution in [0.5, 0.6) is 5.75 Å². The lowest BCUT2D eigenvalue weighted by Gasteiger charge is -2.40. The van der Waals surface area contributed by atoms with Gasteiger partial charge in [0, 0.05) is 31.3 Å². The van der Waals surface area contributed by atoms with Crippen LogP contribution in [-0.2, 0) is 4.74 Å². The van der Waals surface area contributed by atoms with Gasteiger partial charge in [-0.25, -0.2) is 0 Å². The summed E-state index contributed by atoms with van der Waals surface area (Å²) in [6.45, 7) is 9.14. The van der Waals surface area contributed by atoms with Gasteiger partial charge in [-0.05, 0) is 97.3 Å². The van der Waals surface area contributed by atoms with E-state index in [1.54, 1.807) is 0 Å². The second-order valence-electron chi connectivity index (χ2n) is 12.2. The number of hydrogen-bond acceptors (Lipinski definition) is 4. The van der Waals surface area contributed by atoms with Gasteiger partial charge in [0.1, 0.15) is 11.4 Å². The Balaban J connectivity index is 1.32. The Morgan fingerprint density at radius 2 is 1.64 bits per heavy atom. The molecule has 0 radical (unpaired) electrons. The van der Waals surface area contributed by atoms with Gasteiger partial charge in [0.15, 0.2) is 0 Å². The van der Waals surface area contributed by atoms with Crippen LogP contribution in [-0.4, -0.2) is 42.6 Å². The predicted molar refractivity (Wildman–Crippen MR) is 161 cm³/mol. The quantitative estimate of drug-likeness (QED) is 0.292. The Morgan fingerprint density at radius 3 is 2.31 bits per heavy atom. The third-order valence-corrected chi connectivity index (χ3v) is 8.24. The highest BCUT2D eigenvalue weighted by Gasteiger charge is 2.42. The molecule has 2 saturated heterocycles. The minimum absolute atomic E-state index is 0.0348. The van der Waals surface area contributed by atoms with Crippen molar-refractivity contribution < 1.29 is 14.6 Å². The number of nitrogens with zero attached hydrogens (tertiary/aromatic N) is 1. The van der Waals surface area contributed by atoms with E-state index in [1.165, 1.54) is 38.7 Å². The number of rotatable bonds is 5. The molecule has 0 aromatic heterocycles. The van der Waals surface area contributed by atoms with E-state index in [9.17, 15) is 5.11 Å². The first kappa shape index (κ1) is 25.9. The number of aliphatic hydroxyl groups excluding tert-OH is 1. The lowest BCUT2D eigenvalue weighted by molar-refractivity contribution is -0.0156. The van der Waals surface area contributed by atoms with Crippen LogP contribution in [0.2, 0.25) is 0 Å². The van der Waals surface area contributed by atoms with Gasteiger partial charge in [-0.15, -0.1) is 0 Å². The molecule has 0 saturated carbocycles. The molecule has 4 nitrogen and oxygen atoms in total. The fourth-order valence-corrected chi connectivity index (χ4v) is 6.31. The van der Waals surface area contributed by atoms with Crippen molar-refractivity contribution in [2.24, 2.45) is 5.92 Å². The van der Waals surface area contributed by atoms with Crippen LogP contribution in [0.3, 0.4) is 0 Å². The third-order valence-electron chi connectivity index (χ3n) is 8.24. The van der Waals surface area contributed by atoms with Crippen molar-refractivity contribution >= 4 is 16.5 Å². The van der Waals surface area contributed by atoms with Gasteiger partial charge in [-0.2, -0.15) is 0 Å². The summed E-state index contributed by atoms with van der Waals surface area (Å²) in [7, 11) is 0. The van der Waals surface area contributed by atoms with Crippen LogP contribution in [0.25, 0.3) is 33.0 Å². The van der Waals surface area contributed by atoms with Crippen LogP contribution in [0.4, 0.5) is 5.69 Å². The molecule has 4 heteroatoms. The van der Waals surface area contributed by atoms with Gasteiger partial charge in [-0.1, -0.05) is 60.7 Å². The van der Waals surface area contributed by atoms with E-state index < -0.39 is 0 Å². The molecule has 0 aliphatic carbocycles. The molecule has 2 aliphatic heterocycles. The van der Waals surface area contributed by atoms with E-state index in [1.807, 2.05) is 0 Å². The van der Waals surface area contributed by atoms with Crippen LogP contribution in [0.1, 0.15) is 40.0 Å². The van der Waals surface area contributed by atoms with Crippen molar-refractivity contribution in [3.8, 4) is 28.0 Å². The van der Waals surface area contributed by atoms with E-state index >= 15 is 0 Å². The number of benzene rings is 4. The molecule has 0 bridgehead atoms. The largest absolute Gasteiger partial charge is 0.488 e. The van der Waals surface area contributed by atoms with Crippen molar-refractivity contribution in [3.05, 3.63) is 84.9 Å².